The van der Waals surface area contributed by atoms with Crippen molar-refractivity contribution in [2.24, 2.45) is 35.5 Å². The molecule has 3 aliphatic carbocycles. The van der Waals surface area contributed by atoms with Gasteiger partial charge in [-0.2, -0.15) is 0 Å². The Hall–Kier alpha value is -2.66. The number of nitrogens with one attached hydrogen (secondary N) is 1. The van der Waals surface area contributed by atoms with Crippen LogP contribution >= 0.6 is 0 Å². The summed E-state index contributed by atoms with van der Waals surface area (Å²) in [6, 6.07) is 5.71. The van der Waals surface area contributed by atoms with E-state index < -0.39 is 48.8 Å². The number of carbonyl (C=O) groups is 2. The molecule has 3 heterocycles. The van der Waals surface area contributed by atoms with Gasteiger partial charge in [0, 0.05) is 51.0 Å². The number of carbonyl (C=O) groups excluding carboxylic acids is 2. The number of allylic oxidation sites excluding steroid dienone is 2. The van der Waals surface area contributed by atoms with Crippen LogP contribution in [0, 0.1) is 42.4 Å². The molecule has 0 bridgehead atoms. The van der Waals surface area contributed by atoms with Gasteiger partial charge in [-0.15, -0.1) is 0 Å². The number of Topliss-reactive ketones (excluding diaryl/α,β-unsaturated/α-hetero) is 1. The second-order valence-corrected chi connectivity index (χ2v) is 19.5. The van der Waals surface area contributed by atoms with Crippen molar-refractivity contribution in [2.45, 2.75) is 172 Å². The Labute approximate surface area is 375 Å². The van der Waals surface area contributed by atoms with Crippen molar-refractivity contribution in [1.29, 1.82) is 0 Å². The van der Waals surface area contributed by atoms with E-state index in [-0.39, 0.29) is 78.5 Å². The maximum atomic E-state index is 15.3. The van der Waals surface area contributed by atoms with Gasteiger partial charge in [-0.1, -0.05) is 19.9 Å². The maximum absolute atomic E-state index is 15.3. The lowest BCUT2D eigenvalue weighted by molar-refractivity contribution is -0.314. The average molecular weight is 885 g/mol. The van der Waals surface area contributed by atoms with Crippen molar-refractivity contribution >= 4 is 17.4 Å². The number of esters is 1. The van der Waals surface area contributed by atoms with Crippen LogP contribution in [0.25, 0.3) is 0 Å². The minimum absolute atomic E-state index is 0.0153. The minimum atomic E-state index is -0.834. The Kier molecular flexibility index (Phi) is 16.0. The molecule has 3 aliphatic heterocycles. The van der Waals surface area contributed by atoms with Gasteiger partial charge in [0.15, 0.2) is 18.4 Å². The van der Waals surface area contributed by atoms with Gasteiger partial charge in [0.2, 0.25) is 0 Å². The number of fused-ring (bicyclic) bond motifs is 5. The highest BCUT2D eigenvalue weighted by molar-refractivity contribution is 5.99. The highest BCUT2D eigenvalue weighted by Gasteiger charge is 2.60. The molecule has 0 aromatic heterocycles. The lowest BCUT2D eigenvalue weighted by Gasteiger charge is -2.47. The van der Waals surface area contributed by atoms with Gasteiger partial charge < -0.3 is 58.0 Å². The number of nitrogens with zero attached hydrogens (tertiary/aromatic N) is 1. The predicted molar refractivity (Wildman–Crippen MR) is 236 cm³/mol. The smallest absolute Gasteiger partial charge is 0.306 e. The summed E-state index contributed by atoms with van der Waals surface area (Å²) in [5.41, 5.74) is 2.43. The van der Waals surface area contributed by atoms with E-state index in [1.165, 1.54) is 0 Å². The van der Waals surface area contributed by atoms with Gasteiger partial charge >= 0.3 is 5.97 Å². The molecular formula is C49H76N2O12. The Morgan fingerprint density at radius 2 is 1.59 bits per heavy atom. The van der Waals surface area contributed by atoms with Crippen LogP contribution in [0.4, 0.5) is 5.69 Å². The number of ketones is 1. The summed E-state index contributed by atoms with van der Waals surface area (Å²) < 4.78 is 56.0. The molecule has 4 unspecified atom stereocenters. The summed E-state index contributed by atoms with van der Waals surface area (Å²) in [6.45, 7) is 10.1. The van der Waals surface area contributed by atoms with Crippen molar-refractivity contribution < 1.29 is 57.3 Å². The number of aliphatic hydroxyl groups excluding tert-OH is 1. The standard InChI is InChI=1S/C49H76N2O12/c1-12-30-14-13-15-39(63-41-17-16-38(51(6)7)27(4)59-41)26(3)44(53)37-23-34-33-21-32(62-49-48(58-11)47(57-10)46(56-9)28(5)60-49)22-36(33)45(54)43(42(34)35(37)24-40(52)61-30)50-29-18-25(2)19-31(20-29)55-8/h18-20,23,26-28,30,32-36,38-39,41-43,45-50,54H,12-17,21-22,24H2,1-11H3/t26-,27?,28?,30+,32+,33+,34+,35-,36-,38+,39+,41+,42-,43-,45-,46+,47?,48?,49+/m1/s1. The Morgan fingerprint density at radius 1 is 0.857 bits per heavy atom. The lowest BCUT2D eigenvalue weighted by Crippen LogP contribution is -2.59. The Morgan fingerprint density at radius 3 is 2.25 bits per heavy atom. The third kappa shape index (κ3) is 10.2. The molecule has 1 aromatic rings. The van der Waals surface area contributed by atoms with Crippen molar-refractivity contribution in [2.75, 3.05) is 47.9 Å². The van der Waals surface area contributed by atoms with Crippen LogP contribution in [0.5, 0.6) is 5.75 Å². The fourth-order valence-electron chi connectivity index (χ4n) is 12.3. The number of rotatable bonds is 12. The van der Waals surface area contributed by atoms with Crippen LogP contribution in [-0.2, 0) is 47.5 Å². The number of aliphatic hydroxyl groups is 1. The van der Waals surface area contributed by atoms with Crippen molar-refractivity contribution in [3.63, 3.8) is 0 Å². The second-order valence-electron chi connectivity index (χ2n) is 19.5. The Balaban J connectivity index is 1.23. The van der Waals surface area contributed by atoms with Gasteiger partial charge in [-0.3, -0.25) is 9.59 Å². The summed E-state index contributed by atoms with van der Waals surface area (Å²) in [7, 11) is 10.7. The molecule has 19 atom stereocenters. The van der Waals surface area contributed by atoms with E-state index in [9.17, 15) is 9.90 Å². The molecule has 14 heteroatoms. The number of benzene rings is 1. The molecule has 0 spiro atoms. The molecule has 2 saturated carbocycles. The Bertz CT molecular complexity index is 1740. The first-order chi connectivity index (χ1) is 30.2. The van der Waals surface area contributed by atoms with Crippen LogP contribution in [0.3, 0.4) is 0 Å². The van der Waals surface area contributed by atoms with E-state index in [1.807, 2.05) is 45.9 Å². The first-order valence-corrected chi connectivity index (χ1v) is 23.6. The van der Waals surface area contributed by atoms with E-state index in [0.29, 0.717) is 49.5 Å². The number of hydrogen-bond donors (Lipinski definition) is 2. The zero-order valence-corrected chi connectivity index (χ0v) is 39.5. The van der Waals surface area contributed by atoms with E-state index >= 15 is 4.79 Å². The topological polar surface area (TPSA) is 153 Å². The zero-order valence-electron chi connectivity index (χ0n) is 39.5. The number of likely N-dealkylation sites (N-methyl/N-ethyl adjacent to an activating group) is 1. The van der Waals surface area contributed by atoms with Gasteiger partial charge in [0.05, 0.1) is 50.1 Å². The predicted octanol–water partition coefficient (Wildman–Crippen LogP) is 6.09. The fraction of sp³-hybridized carbons (Fsp3) is 0.796. The summed E-state index contributed by atoms with van der Waals surface area (Å²) in [4.78, 5) is 31.5. The fourth-order valence-corrected chi connectivity index (χ4v) is 12.3. The first-order valence-electron chi connectivity index (χ1n) is 23.6. The minimum Gasteiger partial charge on any atom is -0.497 e. The molecule has 3 saturated heterocycles. The highest BCUT2D eigenvalue weighted by Crippen LogP contribution is 2.57. The number of methoxy groups -OCH3 is 4. The number of cyclic esters (lactones) is 1. The SMILES string of the molecule is CC[C@H]1CCC[C@H](O[C@H]2CC[C@H](N(C)C)C(C)O2)[C@@H](C)C(=O)C2=C[C@H]3[C@@H]4C[C@H](O[C@@H]5OC(C)[C@H](OC)C(OC)C5OC)C[C@H]4[C@@H](O)[C@H](Nc4cc(C)cc(OC)c4)[C@H]3[C@@H]2CC(=O)O1. The van der Waals surface area contributed by atoms with Crippen LogP contribution in [0.2, 0.25) is 0 Å². The van der Waals surface area contributed by atoms with Crippen LogP contribution in [0.15, 0.2) is 29.8 Å². The lowest BCUT2D eigenvalue weighted by atomic mass is 9.62. The number of aryl methyl sites for hydroxylation is 1. The van der Waals surface area contributed by atoms with E-state index in [1.54, 1.807) is 28.4 Å². The van der Waals surface area contributed by atoms with Crippen LogP contribution in [-0.4, -0.2) is 144 Å². The number of ether oxygens (including phenoxy) is 9. The highest BCUT2D eigenvalue weighted by atomic mass is 16.7. The molecule has 2 N–H and O–H groups in total. The third-order valence-electron chi connectivity index (χ3n) is 15.5. The molecule has 354 valence electrons. The molecular weight excluding hydrogens is 809 g/mol. The van der Waals surface area contributed by atoms with Crippen LogP contribution < -0.4 is 10.1 Å². The maximum Gasteiger partial charge on any atom is 0.306 e. The summed E-state index contributed by atoms with van der Waals surface area (Å²) in [6.07, 6.45) is 3.29. The number of anilines is 1. The van der Waals surface area contributed by atoms with E-state index in [4.69, 9.17) is 42.6 Å². The first kappa shape index (κ1) is 48.3. The monoisotopic (exact) mass is 885 g/mol. The summed E-state index contributed by atoms with van der Waals surface area (Å²) in [5.74, 6) is -1.31. The van der Waals surface area contributed by atoms with Gasteiger partial charge in [-0.25, -0.2) is 0 Å². The number of hydrogen-bond acceptors (Lipinski definition) is 14. The third-order valence-corrected chi connectivity index (χ3v) is 15.5. The molecule has 0 radical (unpaired) electrons. The molecule has 0 amide bonds. The normalized spacial score (nSPS) is 42.3. The summed E-state index contributed by atoms with van der Waals surface area (Å²) >= 11 is 0. The molecule has 1 aromatic carbocycles. The second kappa shape index (κ2) is 20.9. The zero-order chi connectivity index (χ0) is 45.3. The van der Waals surface area contributed by atoms with Gasteiger partial charge in [0.25, 0.3) is 0 Å². The van der Waals surface area contributed by atoms with Crippen LogP contribution in [0.1, 0.15) is 91.0 Å². The quantitative estimate of drug-likeness (QED) is 0.233. The van der Waals surface area contributed by atoms with E-state index in [0.717, 1.165) is 30.5 Å². The largest absolute Gasteiger partial charge is 0.497 e. The van der Waals surface area contributed by atoms with Gasteiger partial charge in [0.1, 0.15) is 30.2 Å². The average Bonchev–Trinajstić information content (AvgIpc) is 3.84. The summed E-state index contributed by atoms with van der Waals surface area (Å²) in [5, 5.41) is 16.5. The molecule has 63 heavy (non-hydrogen) atoms. The van der Waals surface area contributed by atoms with E-state index in [2.05, 4.69) is 37.3 Å². The molecule has 6 aliphatic rings. The molecule has 5 fully saturated rings. The van der Waals surface area contributed by atoms with Crippen molar-refractivity contribution in [3.8, 4) is 5.75 Å². The van der Waals surface area contributed by atoms with Crippen molar-refractivity contribution in [3.05, 3.63) is 35.4 Å². The molecule has 14 nitrogen and oxygen atoms in total. The van der Waals surface area contributed by atoms with Gasteiger partial charge in [-0.05, 0) is 133 Å². The molecule has 7 rings (SSSR count). The van der Waals surface area contributed by atoms with Crippen molar-refractivity contribution in [1.82, 2.24) is 4.90 Å².